The number of nitrogens with one attached hydrogen (secondary N) is 1. The summed E-state index contributed by atoms with van der Waals surface area (Å²) in [6.07, 6.45) is 10.5. The van der Waals surface area contributed by atoms with Crippen LogP contribution >= 0.6 is 0 Å². The van der Waals surface area contributed by atoms with Crippen molar-refractivity contribution in [1.82, 2.24) is 14.5 Å². The van der Waals surface area contributed by atoms with Gasteiger partial charge in [-0.2, -0.15) is 0 Å². The summed E-state index contributed by atoms with van der Waals surface area (Å²) in [5.74, 6) is 0.673. The fourth-order valence-electron chi connectivity index (χ4n) is 3.62. The maximum absolute atomic E-state index is 13.3. The Labute approximate surface area is 182 Å². The van der Waals surface area contributed by atoms with E-state index in [4.69, 9.17) is 4.98 Å². The number of hydrogen-bond acceptors (Lipinski definition) is 2. The largest absolute Gasteiger partial charge is 0.354 e. The number of nitrogens with zero attached hydrogens (tertiary/aromatic N) is 2. The Bertz CT molecular complexity index is 1260. The number of benzene rings is 2. The molecular formula is C27H25N3O. The molecule has 0 bridgehead atoms. The molecule has 0 fully saturated rings. The van der Waals surface area contributed by atoms with E-state index in [0.29, 0.717) is 24.4 Å². The van der Waals surface area contributed by atoms with Crippen LogP contribution in [0.1, 0.15) is 23.9 Å². The Kier molecular flexibility index (Phi) is 6.08. The molecule has 2 heterocycles. The van der Waals surface area contributed by atoms with E-state index >= 15 is 0 Å². The van der Waals surface area contributed by atoms with E-state index in [0.717, 1.165) is 28.1 Å². The number of H-pyrrole nitrogens is 1. The highest BCUT2D eigenvalue weighted by Gasteiger charge is 2.20. The van der Waals surface area contributed by atoms with E-state index in [1.54, 1.807) is 10.6 Å². The summed E-state index contributed by atoms with van der Waals surface area (Å²) in [5, 5.41) is 0. The highest BCUT2D eigenvalue weighted by Crippen LogP contribution is 2.23. The van der Waals surface area contributed by atoms with E-state index < -0.39 is 0 Å². The van der Waals surface area contributed by atoms with Crippen molar-refractivity contribution in [2.45, 2.75) is 19.8 Å². The molecule has 1 N–H and O–H groups in total. The van der Waals surface area contributed by atoms with Crippen molar-refractivity contribution >= 4 is 0 Å². The lowest BCUT2D eigenvalue weighted by Gasteiger charge is -2.13. The van der Waals surface area contributed by atoms with Crippen LogP contribution in [0.5, 0.6) is 0 Å². The van der Waals surface area contributed by atoms with E-state index in [1.165, 1.54) is 0 Å². The highest BCUT2D eigenvalue weighted by atomic mass is 16.1. The van der Waals surface area contributed by atoms with Crippen LogP contribution in [-0.2, 0) is 12.8 Å². The number of hydrogen-bond donors (Lipinski definition) is 1. The molecule has 31 heavy (non-hydrogen) atoms. The minimum absolute atomic E-state index is 0.0816. The molecule has 0 aliphatic carbocycles. The molecule has 4 rings (SSSR count). The second-order valence-electron chi connectivity index (χ2n) is 7.37. The molecule has 2 aromatic carbocycles. The molecule has 0 saturated carbocycles. The third-order valence-electron chi connectivity index (χ3n) is 5.25. The fraction of sp³-hybridized carbons (Fsp3) is 0.111. The van der Waals surface area contributed by atoms with Gasteiger partial charge in [-0.3, -0.25) is 9.36 Å². The minimum Gasteiger partial charge on any atom is -0.354 e. The molecule has 4 heteroatoms. The van der Waals surface area contributed by atoms with Gasteiger partial charge in [0.2, 0.25) is 0 Å². The topological polar surface area (TPSA) is 50.7 Å². The molecule has 0 atom stereocenters. The van der Waals surface area contributed by atoms with Gasteiger partial charge in [-0.1, -0.05) is 91.5 Å². The fourth-order valence-corrected chi connectivity index (χ4v) is 3.62. The Morgan fingerprint density at radius 2 is 1.81 bits per heavy atom. The van der Waals surface area contributed by atoms with Crippen molar-refractivity contribution in [2.75, 3.05) is 0 Å². The van der Waals surface area contributed by atoms with Crippen molar-refractivity contribution in [3.8, 4) is 17.1 Å². The van der Waals surface area contributed by atoms with E-state index in [-0.39, 0.29) is 5.56 Å². The van der Waals surface area contributed by atoms with Crippen LogP contribution in [0.15, 0.2) is 108 Å². The molecule has 0 unspecified atom stereocenters. The maximum Gasteiger partial charge on any atom is 0.278 e. The Balaban J connectivity index is 1.84. The molecule has 2 aliphatic heterocycles. The predicted molar refractivity (Wildman–Crippen MR) is 127 cm³/mol. The van der Waals surface area contributed by atoms with Gasteiger partial charge in [0, 0.05) is 19.0 Å². The Morgan fingerprint density at radius 1 is 1.10 bits per heavy atom. The first-order valence-electron chi connectivity index (χ1n) is 10.4. The van der Waals surface area contributed by atoms with Gasteiger partial charge in [0.1, 0.15) is 5.69 Å². The first kappa shape index (κ1) is 20.4. The standard InChI is InChI=1S/C27H25N3O/c1-3-5-12-20(4-2)17-24-27(31)30-19-25(22-15-10-7-11-16-22)28-23(26(30)29-24)18-21-13-8-6-9-14-21/h3-16,19,28H,1,17-18H2,2H3/b12-5-,20-4+. The molecule has 0 spiro atoms. The molecule has 0 amide bonds. The smallest absolute Gasteiger partial charge is 0.278 e. The van der Waals surface area contributed by atoms with Gasteiger partial charge < -0.3 is 4.98 Å². The third-order valence-corrected chi connectivity index (χ3v) is 5.25. The van der Waals surface area contributed by atoms with Gasteiger partial charge >= 0.3 is 0 Å². The van der Waals surface area contributed by atoms with Gasteiger partial charge in [-0.25, -0.2) is 4.98 Å². The van der Waals surface area contributed by atoms with Crippen molar-refractivity contribution in [3.05, 3.63) is 131 Å². The summed E-state index contributed by atoms with van der Waals surface area (Å²) in [7, 11) is 0. The molecule has 0 saturated heterocycles. The third kappa shape index (κ3) is 4.48. The molecule has 154 valence electrons. The van der Waals surface area contributed by atoms with Crippen LogP contribution in [0, 0.1) is 0 Å². The number of allylic oxidation sites excluding steroid dienone is 5. The zero-order valence-electron chi connectivity index (χ0n) is 17.6. The SMILES string of the molecule is C=C/C=C\C(=C/C)Cc1nc2c(Cc3ccccc3)[nH]c(-c3ccccc3)cn-2c1=O. The summed E-state index contributed by atoms with van der Waals surface area (Å²) in [6.45, 7) is 5.68. The summed E-state index contributed by atoms with van der Waals surface area (Å²) in [6, 6.07) is 20.2. The maximum atomic E-state index is 13.3. The average molecular weight is 408 g/mol. The number of aromatic nitrogens is 3. The van der Waals surface area contributed by atoms with E-state index in [9.17, 15) is 4.79 Å². The van der Waals surface area contributed by atoms with Crippen LogP contribution in [-0.4, -0.2) is 14.5 Å². The van der Waals surface area contributed by atoms with Gasteiger partial charge in [0.15, 0.2) is 5.82 Å². The minimum atomic E-state index is -0.0816. The number of fused-ring (bicyclic) bond motifs is 1. The lowest BCUT2D eigenvalue weighted by Crippen LogP contribution is -2.17. The zero-order chi connectivity index (χ0) is 21.6. The second kappa shape index (κ2) is 9.26. The lowest BCUT2D eigenvalue weighted by molar-refractivity contribution is 0.914. The predicted octanol–water partition coefficient (Wildman–Crippen LogP) is 5.49. The van der Waals surface area contributed by atoms with Crippen molar-refractivity contribution < 1.29 is 0 Å². The molecule has 4 nitrogen and oxygen atoms in total. The molecule has 0 radical (unpaired) electrons. The monoisotopic (exact) mass is 407 g/mol. The first-order valence-corrected chi connectivity index (χ1v) is 10.4. The van der Waals surface area contributed by atoms with Crippen LogP contribution < -0.4 is 5.56 Å². The molecule has 2 aromatic rings. The molecule has 2 aliphatic rings. The summed E-state index contributed by atoms with van der Waals surface area (Å²) >= 11 is 0. The first-order chi connectivity index (χ1) is 15.2. The summed E-state index contributed by atoms with van der Waals surface area (Å²) in [5.41, 5.74) is 5.47. The number of aromatic amines is 1. The highest BCUT2D eigenvalue weighted by molar-refractivity contribution is 5.60. The van der Waals surface area contributed by atoms with Crippen LogP contribution in [0.2, 0.25) is 0 Å². The van der Waals surface area contributed by atoms with Crippen molar-refractivity contribution in [2.24, 2.45) is 0 Å². The second-order valence-corrected chi connectivity index (χ2v) is 7.37. The van der Waals surface area contributed by atoms with Gasteiger partial charge in [0.05, 0.1) is 11.4 Å². The Morgan fingerprint density at radius 3 is 2.48 bits per heavy atom. The van der Waals surface area contributed by atoms with E-state index in [1.807, 2.05) is 79.9 Å². The average Bonchev–Trinajstić information content (AvgIpc) is 3.13. The van der Waals surface area contributed by atoms with Crippen LogP contribution in [0.25, 0.3) is 17.1 Å². The van der Waals surface area contributed by atoms with Crippen LogP contribution in [0.4, 0.5) is 0 Å². The number of imidazole rings is 1. The normalized spacial score (nSPS) is 12.0. The summed E-state index contributed by atoms with van der Waals surface area (Å²) < 4.78 is 1.68. The van der Waals surface area contributed by atoms with Crippen LogP contribution in [0.3, 0.4) is 0 Å². The quantitative estimate of drug-likeness (QED) is 0.412. The molecular weight excluding hydrogens is 382 g/mol. The van der Waals surface area contributed by atoms with Crippen molar-refractivity contribution in [1.29, 1.82) is 0 Å². The summed E-state index contributed by atoms with van der Waals surface area (Å²) in [4.78, 5) is 21.5. The Hall–Kier alpha value is -3.92. The van der Waals surface area contributed by atoms with Crippen molar-refractivity contribution in [3.63, 3.8) is 0 Å². The zero-order valence-corrected chi connectivity index (χ0v) is 17.6. The van der Waals surface area contributed by atoms with Gasteiger partial charge in [-0.05, 0) is 23.6 Å². The van der Waals surface area contributed by atoms with Gasteiger partial charge in [0.25, 0.3) is 5.56 Å². The number of rotatable bonds is 7. The molecule has 0 aromatic heterocycles. The van der Waals surface area contributed by atoms with Gasteiger partial charge in [-0.15, -0.1) is 0 Å². The lowest BCUT2D eigenvalue weighted by atomic mass is 10.1. The van der Waals surface area contributed by atoms with E-state index in [2.05, 4.69) is 23.7 Å².